The van der Waals surface area contributed by atoms with Gasteiger partial charge in [0.25, 0.3) is 0 Å². The molecule has 1 aliphatic heterocycles. The lowest BCUT2D eigenvalue weighted by atomic mass is 9.98. The number of benzene rings is 2. The van der Waals surface area contributed by atoms with Gasteiger partial charge >= 0.3 is 0 Å². The number of allylic oxidation sites excluding steroid dienone is 2. The van der Waals surface area contributed by atoms with Crippen molar-refractivity contribution in [3.8, 4) is 0 Å². The maximum atomic E-state index is 6.88. The van der Waals surface area contributed by atoms with Gasteiger partial charge in [0.1, 0.15) is 12.2 Å². The number of hydrogen-bond acceptors (Lipinski definition) is 2. The normalized spacial score (nSPS) is 20.5. The Morgan fingerprint density at radius 2 is 1.16 bits per heavy atom. The van der Waals surface area contributed by atoms with E-state index in [1.54, 1.807) is 0 Å². The van der Waals surface area contributed by atoms with Crippen molar-refractivity contribution in [2.75, 3.05) is 0 Å². The summed E-state index contributed by atoms with van der Waals surface area (Å²) in [4.78, 5) is 0. The van der Waals surface area contributed by atoms with Gasteiger partial charge in [0.15, 0.2) is 6.29 Å². The van der Waals surface area contributed by atoms with E-state index in [1.165, 1.54) is 0 Å². The van der Waals surface area contributed by atoms with Crippen molar-refractivity contribution < 1.29 is 9.47 Å². The second-order valence-electron chi connectivity index (χ2n) is 10.3. The van der Waals surface area contributed by atoms with Gasteiger partial charge in [-0.05, 0) is 29.0 Å². The summed E-state index contributed by atoms with van der Waals surface area (Å²) in [6.07, 6.45) is 5.18. The van der Waals surface area contributed by atoms with E-state index in [1.807, 2.05) is 24.3 Å². The predicted octanol–water partition coefficient (Wildman–Crippen LogP) is 8.24. The van der Waals surface area contributed by atoms with E-state index < -0.39 is 8.07 Å². The van der Waals surface area contributed by atoms with E-state index in [0.717, 1.165) is 24.0 Å². The molecular formula is C28H38O2Si. The molecule has 2 aromatic carbocycles. The molecule has 1 saturated heterocycles. The number of ether oxygens (including phenoxy) is 2. The first-order chi connectivity index (χ1) is 14.7. The van der Waals surface area contributed by atoms with Crippen LogP contribution in [0.4, 0.5) is 0 Å². The summed E-state index contributed by atoms with van der Waals surface area (Å²) >= 11 is 0. The summed E-state index contributed by atoms with van der Waals surface area (Å²) in [7, 11) is -1.95. The van der Waals surface area contributed by atoms with Crippen molar-refractivity contribution in [3.63, 3.8) is 0 Å². The third kappa shape index (κ3) is 4.37. The second-order valence-corrected chi connectivity index (χ2v) is 16.0. The minimum Gasteiger partial charge on any atom is -0.341 e. The van der Waals surface area contributed by atoms with Gasteiger partial charge in [-0.25, -0.2) is 0 Å². The Morgan fingerprint density at radius 3 is 1.48 bits per heavy atom. The van der Waals surface area contributed by atoms with E-state index in [9.17, 15) is 0 Å². The van der Waals surface area contributed by atoms with E-state index in [0.29, 0.717) is 0 Å². The minimum absolute atomic E-state index is 0.146. The van der Waals surface area contributed by atoms with Crippen LogP contribution in [-0.4, -0.2) is 14.4 Å². The zero-order valence-corrected chi connectivity index (χ0v) is 20.8. The zero-order valence-electron chi connectivity index (χ0n) is 19.8. The van der Waals surface area contributed by atoms with Gasteiger partial charge in [-0.2, -0.15) is 0 Å². The van der Waals surface area contributed by atoms with Gasteiger partial charge < -0.3 is 9.47 Å². The van der Waals surface area contributed by atoms with Gasteiger partial charge in [-0.15, -0.1) is 13.2 Å². The van der Waals surface area contributed by atoms with E-state index in [-0.39, 0.29) is 28.6 Å². The lowest BCUT2D eigenvalue weighted by molar-refractivity contribution is -0.100. The molecule has 3 rings (SSSR count). The second kappa shape index (κ2) is 9.28. The van der Waals surface area contributed by atoms with Crippen LogP contribution >= 0.6 is 0 Å². The summed E-state index contributed by atoms with van der Waals surface area (Å²) in [5.74, 6) is 0. The average molecular weight is 435 g/mol. The molecule has 31 heavy (non-hydrogen) atoms. The largest absolute Gasteiger partial charge is 0.341 e. The number of rotatable bonds is 8. The summed E-state index contributed by atoms with van der Waals surface area (Å²) in [6.45, 7) is 20.3. The molecule has 1 fully saturated rings. The fourth-order valence-corrected chi connectivity index (χ4v) is 8.36. The Morgan fingerprint density at radius 1 is 0.774 bits per heavy atom. The van der Waals surface area contributed by atoms with Crippen molar-refractivity contribution in [2.24, 2.45) is 0 Å². The summed E-state index contributed by atoms with van der Waals surface area (Å²) in [6, 6.07) is 20.9. The van der Waals surface area contributed by atoms with Crippen LogP contribution in [0.5, 0.6) is 0 Å². The number of hydrogen-bond donors (Lipinski definition) is 0. The van der Waals surface area contributed by atoms with Crippen LogP contribution in [0.15, 0.2) is 86.0 Å². The molecule has 0 N–H and O–H groups in total. The molecule has 0 bridgehead atoms. The van der Waals surface area contributed by atoms with Crippen LogP contribution in [0.25, 0.3) is 0 Å². The molecule has 1 aliphatic rings. The molecule has 1 heterocycles. The highest BCUT2D eigenvalue weighted by Crippen LogP contribution is 2.62. The van der Waals surface area contributed by atoms with Gasteiger partial charge in [0, 0.05) is 5.04 Å². The lowest BCUT2D eigenvalue weighted by Crippen LogP contribution is -2.55. The molecule has 0 saturated carbocycles. The van der Waals surface area contributed by atoms with E-state index in [2.05, 4.69) is 95.6 Å². The van der Waals surface area contributed by atoms with Crippen LogP contribution in [-0.2, 0) is 9.47 Å². The fourth-order valence-electron chi connectivity index (χ4n) is 4.84. The third-order valence-corrected chi connectivity index (χ3v) is 14.5. The molecule has 0 amide bonds. The molecule has 2 aromatic rings. The predicted molar refractivity (Wildman–Crippen MR) is 134 cm³/mol. The first-order valence-electron chi connectivity index (χ1n) is 11.3. The molecule has 166 valence electrons. The molecule has 0 spiro atoms. The van der Waals surface area contributed by atoms with Gasteiger partial charge in [0.05, 0.1) is 8.07 Å². The van der Waals surface area contributed by atoms with Crippen LogP contribution in [0.3, 0.4) is 0 Å². The molecule has 0 aromatic heterocycles. The van der Waals surface area contributed by atoms with Crippen LogP contribution in [0.2, 0.25) is 23.2 Å². The zero-order chi connectivity index (χ0) is 22.7. The molecule has 0 aliphatic carbocycles. The topological polar surface area (TPSA) is 18.5 Å². The van der Waals surface area contributed by atoms with Crippen molar-refractivity contribution in [2.45, 2.75) is 75.3 Å². The molecule has 3 heteroatoms. The molecular weight excluding hydrogens is 396 g/mol. The Kier molecular flexibility index (Phi) is 7.10. The van der Waals surface area contributed by atoms with E-state index >= 15 is 0 Å². The maximum absolute atomic E-state index is 6.88. The Bertz CT molecular complexity index is 809. The Labute approximate surface area is 190 Å². The van der Waals surface area contributed by atoms with Crippen molar-refractivity contribution in [1.82, 2.24) is 0 Å². The van der Waals surface area contributed by atoms with Gasteiger partial charge in [-0.3, -0.25) is 0 Å². The molecule has 2 atom stereocenters. The van der Waals surface area contributed by atoms with Crippen LogP contribution in [0, 0.1) is 0 Å². The average Bonchev–Trinajstić information content (AvgIpc) is 3.19. The fraction of sp³-hybridized carbons (Fsp3) is 0.429. The van der Waals surface area contributed by atoms with Crippen LogP contribution < -0.4 is 0 Å². The molecule has 0 unspecified atom stereocenters. The molecule has 0 radical (unpaired) electrons. The third-order valence-electron chi connectivity index (χ3n) is 7.66. The lowest BCUT2D eigenvalue weighted by Gasteiger charge is -2.54. The highest BCUT2D eigenvalue weighted by atomic mass is 28.3. The maximum Gasteiger partial charge on any atom is 0.163 e. The monoisotopic (exact) mass is 434 g/mol. The van der Waals surface area contributed by atoms with E-state index in [4.69, 9.17) is 9.47 Å². The highest BCUT2D eigenvalue weighted by molar-refractivity contribution is 6.83. The van der Waals surface area contributed by atoms with Crippen molar-refractivity contribution in [3.05, 3.63) is 97.1 Å². The summed E-state index contributed by atoms with van der Waals surface area (Å²) < 4.78 is 13.8. The van der Waals surface area contributed by atoms with Gasteiger partial charge in [0.2, 0.25) is 0 Å². The standard InChI is InChI=1S/C28H38O2Si/c1-8-20-28(21-9-2,31(6,7)27(3,4)5)26-29-24(22-16-12-10-13-17-22)25(30-26)23-18-14-11-15-19-23/h8-19,24-26H,1-2,20-21H2,3-7H3/t24-,25-/m1/s1. The first-order valence-corrected chi connectivity index (χ1v) is 14.3. The summed E-state index contributed by atoms with van der Waals surface area (Å²) in [5, 5.41) is 0.00410. The quantitative estimate of drug-likeness (QED) is 0.307. The minimum atomic E-state index is -1.95. The van der Waals surface area contributed by atoms with Gasteiger partial charge in [-0.1, -0.05) is 107 Å². The van der Waals surface area contributed by atoms with Crippen LogP contribution in [0.1, 0.15) is 56.9 Å². The smallest absolute Gasteiger partial charge is 0.163 e. The Hall–Kier alpha value is -1.94. The first kappa shape index (κ1) is 23.7. The van der Waals surface area contributed by atoms with Crippen molar-refractivity contribution in [1.29, 1.82) is 0 Å². The summed E-state index contributed by atoms with van der Waals surface area (Å²) in [5.41, 5.74) is 2.31. The van der Waals surface area contributed by atoms with Crippen molar-refractivity contribution >= 4 is 8.07 Å². The Balaban J connectivity index is 2.12. The highest BCUT2D eigenvalue weighted by Gasteiger charge is 2.59. The SMILES string of the molecule is C=CCC(CC=C)(C1O[C@H](c2ccccc2)[C@@H](c2ccccc2)O1)[Si](C)(C)C(C)(C)C. The molecule has 2 nitrogen and oxygen atoms in total.